The molecule has 0 aliphatic rings. The summed E-state index contributed by atoms with van der Waals surface area (Å²) in [6.45, 7) is 3.90. The standard InChI is InChI=1S/C16H16N2O3/c1-10-7-8-12(11(2)9-10)13-5-4-6-14(18(20)21)15(13)16(19)17-3/h4-9H,1-3H3,(H,17,19). The van der Waals surface area contributed by atoms with E-state index in [4.69, 9.17) is 0 Å². The Bertz CT molecular complexity index is 723. The first-order valence-electron chi connectivity index (χ1n) is 6.52. The quantitative estimate of drug-likeness (QED) is 0.694. The predicted molar refractivity (Wildman–Crippen MR) is 81.4 cm³/mol. The van der Waals surface area contributed by atoms with Gasteiger partial charge in [0.05, 0.1) is 4.92 Å². The average Bonchev–Trinajstić information content (AvgIpc) is 2.45. The summed E-state index contributed by atoms with van der Waals surface area (Å²) in [6, 6.07) is 10.5. The Morgan fingerprint density at radius 3 is 2.43 bits per heavy atom. The van der Waals surface area contributed by atoms with Crippen LogP contribution >= 0.6 is 0 Å². The Kier molecular flexibility index (Phi) is 4.03. The summed E-state index contributed by atoms with van der Waals surface area (Å²) < 4.78 is 0. The van der Waals surface area contributed by atoms with E-state index in [2.05, 4.69) is 5.32 Å². The van der Waals surface area contributed by atoms with E-state index < -0.39 is 10.8 Å². The molecular weight excluding hydrogens is 268 g/mol. The van der Waals surface area contributed by atoms with Crippen molar-refractivity contribution < 1.29 is 9.72 Å². The van der Waals surface area contributed by atoms with Crippen LogP contribution in [0.2, 0.25) is 0 Å². The summed E-state index contributed by atoms with van der Waals surface area (Å²) in [7, 11) is 1.46. The molecule has 108 valence electrons. The van der Waals surface area contributed by atoms with Gasteiger partial charge in [-0.25, -0.2) is 0 Å². The molecule has 0 aromatic heterocycles. The molecule has 2 rings (SSSR count). The highest BCUT2D eigenvalue weighted by molar-refractivity contribution is 6.04. The van der Waals surface area contributed by atoms with Crippen molar-refractivity contribution in [1.82, 2.24) is 5.32 Å². The second-order valence-electron chi connectivity index (χ2n) is 4.85. The summed E-state index contributed by atoms with van der Waals surface area (Å²) in [5, 5.41) is 13.7. The molecule has 0 heterocycles. The van der Waals surface area contributed by atoms with Gasteiger partial charge in [0.1, 0.15) is 5.56 Å². The number of nitro benzene ring substituents is 1. The summed E-state index contributed by atoms with van der Waals surface area (Å²) in [6.07, 6.45) is 0. The van der Waals surface area contributed by atoms with Gasteiger partial charge < -0.3 is 5.32 Å². The molecule has 0 saturated heterocycles. The molecule has 21 heavy (non-hydrogen) atoms. The summed E-state index contributed by atoms with van der Waals surface area (Å²) >= 11 is 0. The molecule has 1 N–H and O–H groups in total. The molecule has 5 nitrogen and oxygen atoms in total. The molecule has 1 amide bonds. The number of amides is 1. The van der Waals surface area contributed by atoms with E-state index in [0.717, 1.165) is 16.7 Å². The number of hydrogen-bond donors (Lipinski definition) is 1. The zero-order valence-electron chi connectivity index (χ0n) is 12.1. The molecule has 0 aliphatic heterocycles. The van der Waals surface area contributed by atoms with E-state index in [1.807, 2.05) is 32.0 Å². The van der Waals surface area contributed by atoms with Crippen LogP contribution in [0.1, 0.15) is 21.5 Å². The van der Waals surface area contributed by atoms with Crippen LogP contribution in [-0.2, 0) is 0 Å². The molecule has 0 aliphatic carbocycles. The van der Waals surface area contributed by atoms with Crippen molar-refractivity contribution in [1.29, 1.82) is 0 Å². The number of aryl methyl sites for hydroxylation is 2. The third-order valence-electron chi connectivity index (χ3n) is 3.37. The van der Waals surface area contributed by atoms with Gasteiger partial charge in [-0.1, -0.05) is 35.9 Å². The minimum atomic E-state index is -0.530. The number of carbonyl (C=O) groups excluding carboxylic acids is 1. The maximum atomic E-state index is 12.1. The smallest absolute Gasteiger partial charge is 0.282 e. The lowest BCUT2D eigenvalue weighted by atomic mass is 9.93. The van der Waals surface area contributed by atoms with Gasteiger partial charge in [-0.2, -0.15) is 0 Å². The molecule has 2 aromatic carbocycles. The number of rotatable bonds is 3. The SMILES string of the molecule is CNC(=O)c1c(-c2ccc(C)cc2C)cccc1[N+](=O)[O-]. The summed E-state index contributed by atoms with van der Waals surface area (Å²) in [5.41, 5.74) is 3.37. The minimum absolute atomic E-state index is 0.0944. The minimum Gasteiger partial charge on any atom is -0.355 e. The van der Waals surface area contributed by atoms with Gasteiger partial charge in [-0.05, 0) is 25.0 Å². The summed E-state index contributed by atoms with van der Waals surface area (Å²) in [4.78, 5) is 22.8. The van der Waals surface area contributed by atoms with E-state index in [-0.39, 0.29) is 11.3 Å². The highest BCUT2D eigenvalue weighted by Crippen LogP contribution is 2.32. The lowest BCUT2D eigenvalue weighted by molar-refractivity contribution is -0.385. The van der Waals surface area contributed by atoms with Crippen molar-refractivity contribution in [2.45, 2.75) is 13.8 Å². The van der Waals surface area contributed by atoms with E-state index in [0.29, 0.717) is 5.56 Å². The zero-order chi connectivity index (χ0) is 15.6. The molecular formula is C16H16N2O3. The maximum Gasteiger partial charge on any atom is 0.282 e. The second kappa shape index (κ2) is 5.75. The van der Waals surface area contributed by atoms with Crippen molar-refractivity contribution in [2.24, 2.45) is 0 Å². The average molecular weight is 284 g/mol. The van der Waals surface area contributed by atoms with Crippen molar-refractivity contribution in [3.05, 3.63) is 63.2 Å². The zero-order valence-corrected chi connectivity index (χ0v) is 12.1. The highest BCUT2D eigenvalue weighted by Gasteiger charge is 2.24. The largest absolute Gasteiger partial charge is 0.355 e. The highest BCUT2D eigenvalue weighted by atomic mass is 16.6. The number of nitro groups is 1. The monoisotopic (exact) mass is 284 g/mol. The Hall–Kier alpha value is -2.69. The van der Waals surface area contributed by atoms with E-state index in [1.165, 1.54) is 13.1 Å². The Morgan fingerprint density at radius 1 is 1.14 bits per heavy atom. The fraction of sp³-hybridized carbons (Fsp3) is 0.188. The van der Waals surface area contributed by atoms with Gasteiger partial charge in [-0.15, -0.1) is 0 Å². The number of carbonyl (C=O) groups is 1. The number of benzene rings is 2. The molecule has 2 aromatic rings. The molecule has 5 heteroatoms. The maximum absolute atomic E-state index is 12.1. The molecule has 0 atom stereocenters. The van der Waals surface area contributed by atoms with E-state index in [1.54, 1.807) is 12.1 Å². The Morgan fingerprint density at radius 2 is 1.86 bits per heavy atom. The fourth-order valence-electron chi connectivity index (χ4n) is 2.40. The van der Waals surface area contributed by atoms with Crippen molar-refractivity contribution in [3.8, 4) is 11.1 Å². The lowest BCUT2D eigenvalue weighted by Gasteiger charge is -2.12. The molecule has 0 bridgehead atoms. The molecule has 0 fully saturated rings. The van der Waals surface area contributed by atoms with Gasteiger partial charge in [0, 0.05) is 18.7 Å². The first kappa shape index (κ1) is 14.7. The van der Waals surface area contributed by atoms with Crippen LogP contribution < -0.4 is 5.32 Å². The molecule has 0 radical (unpaired) electrons. The van der Waals surface area contributed by atoms with Gasteiger partial charge in [-0.3, -0.25) is 14.9 Å². The summed E-state index contributed by atoms with van der Waals surface area (Å²) in [5.74, 6) is -0.461. The molecule has 0 saturated carbocycles. The Balaban J connectivity index is 2.76. The van der Waals surface area contributed by atoms with Gasteiger partial charge >= 0.3 is 0 Å². The van der Waals surface area contributed by atoms with Crippen LogP contribution in [0.25, 0.3) is 11.1 Å². The van der Waals surface area contributed by atoms with Crippen LogP contribution in [0.5, 0.6) is 0 Å². The Labute approximate surface area is 122 Å². The van der Waals surface area contributed by atoms with Crippen LogP contribution in [0.4, 0.5) is 5.69 Å². The molecule has 0 unspecified atom stereocenters. The van der Waals surface area contributed by atoms with Crippen molar-refractivity contribution >= 4 is 11.6 Å². The van der Waals surface area contributed by atoms with E-state index >= 15 is 0 Å². The predicted octanol–water partition coefficient (Wildman–Crippen LogP) is 3.24. The van der Waals surface area contributed by atoms with Crippen LogP contribution in [-0.4, -0.2) is 17.9 Å². The van der Waals surface area contributed by atoms with Crippen LogP contribution in [0.3, 0.4) is 0 Å². The fourth-order valence-corrected chi connectivity index (χ4v) is 2.40. The number of nitrogens with one attached hydrogen (secondary N) is 1. The van der Waals surface area contributed by atoms with Crippen LogP contribution in [0, 0.1) is 24.0 Å². The van der Waals surface area contributed by atoms with Gasteiger partial charge in [0.25, 0.3) is 11.6 Å². The van der Waals surface area contributed by atoms with Gasteiger partial charge in [0.15, 0.2) is 0 Å². The number of hydrogen-bond acceptors (Lipinski definition) is 3. The first-order chi connectivity index (χ1) is 9.95. The topological polar surface area (TPSA) is 72.2 Å². The molecule has 0 spiro atoms. The normalized spacial score (nSPS) is 10.2. The number of nitrogens with zero attached hydrogens (tertiary/aromatic N) is 1. The second-order valence-corrected chi connectivity index (χ2v) is 4.85. The van der Waals surface area contributed by atoms with Crippen LogP contribution in [0.15, 0.2) is 36.4 Å². The van der Waals surface area contributed by atoms with E-state index in [9.17, 15) is 14.9 Å². The van der Waals surface area contributed by atoms with Crippen molar-refractivity contribution in [3.63, 3.8) is 0 Å². The van der Waals surface area contributed by atoms with Gasteiger partial charge in [0.2, 0.25) is 0 Å². The van der Waals surface area contributed by atoms with Crippen molar-refractivity contribution in [2.75, 3.05) is 7.05 Å². The lowest BCUT2D eigenvalue weighted by Crippen LogP contribution is -2.20. The third kappa shape index (κ3) is 2.76. The first-order valence-corrected chi connectivity index (χ1v) is 6.52. The third-order valence-corrected chi connectivity index (χ3v) is 3.37.